The Bertz CT molecular complexity index is 505. The van der Waals surface area contributed by atoms with Gasteiger partial charge in [0, 0.05) is 18.2 Å². The van der Waals surface area contributed by atoms with Crippen LogP contribution in [0, 0.1) is 0 Å². The van der Waals surface area contributed by atoms with E-state index in [1.807, 2.05) is 45.4 Å². The molecule has 0 radical (unpaired) electrons. The fourth-order valence-electron chi connectivity index (χ4n) is 2.18. The highest BCUT2D eigenvalue weighted by atomic mass is 16.7. The minimum absolute atomic E-state index is 0.352. The molecule has 1 aliphatic heterocycles. The third kappa shape index (κ3) is 2.38. The Morgan fingerprint density at radius 1 is 1.30 bits per heavy atom. The summed E-state index contributed by atoms with van der Waals surface area (Å²) in [5.74, 6) is -0.352. The van der Waals surface area contributed by atoms with Gasteiger partial charge < -0.3 is 18.6 Å². The highest BCUT2D eigenvalue weighted by Gasteiger charge is 2.52. The lowest BCUT2D eigenvalue weighted by molar-refractivity contribution is 0.00578. The molecule has 0 aliphatic carbocycles. The molecule has 1 fully saturated rings. The van der Waals surface area contributed by atoms with Gasteiger partial charge in [0.15, 0.2) is 0 Å². The van der Waals surface area contributed by atoms with E-state index in [1.54, 1.807) is 6.07 Å². The van der Waals surface area contributed by atoms with Crippen LogP contribution in [-0.2, 0) is 20.6 Å². The first-order valence-corrected chi connectivity index (χ1v) is 6.86. The van der Waals surface area contributed by atoms with Crippen LogP contribution in [0.15, 0.2) is 12.3 Å². The maximum Gasteiger partial charge on any atom is 0.496 e. The standard InChI is InChI=1S/C14H22BNO4/c1-7-16-9-10(8-11(16)12(17)18-6)15-19-13(2,3)14(4,5)20-15/h8-9H,7H2,1-6H3. The second kappa shape index (κ2) is 4.93. The quantitative estimate of drug-likeness (QED) is 0.623. The number of aryl methyl sites for hydroxylation is 1. The van der Waals surface area contributed by atoms with Crippen molar-refractivity contribution in [3.05, 3.63) is 18.0 Å². The first kappa shape index (κ1) is 15.1. The summed E-state index contributed by atoms with van der Waals surface area (Å²) in [4.78, 5) is 11.8. The number of hydrogen-bond donors (Lipinski definition) is 0. The molecule has 0 saturated carbocycles. The first-order chi connectivity index (χ1) is 9.21. The summed E-state index contributed by atoms with van der Waals surface area (Å²) in [7, 11) is 0.917. The van der Waals surface area contributed by atoms with E-state index in [2.05, 4.69) is 0 Å². The van der Waals surface area contributed by atoms with Crippen LogP contribution in [0.2, 0.25) is 0 Å². The highest BCUT2D eigenvalue weighted by Crippen LogP contribution is 2.36. The minimum Gasteiger partial charge on any atom is -0.464 e. The maximum absolute atomic E-state index is 11.8. The van der Waals surface area contributed by atoms with E-state index >= 15 is 0 Å². The van der Waals surface area contributed by atoms with Crippen LogP contribution in [0.3, 0.4) is 0 Å². The lowest BCUT2D eigenvalue weighted by Crippen LogP contribution is -2.41. The molecule has 20 heavy (non-hydrogen) atoms. The summed E-state index contributed by atoms with van der Waals surface area (Å²) < 4.78 is 18.6. The Kier molecular flexibility index (Phi) is 3.73. The Morgan fingerprint density at radius 3 is 2.30 bits per heavy atom. The van der Waals surface area contributed by atoms with Crippen molar-refractivity contribution in [3.63, 3.8) is 0 Å². The summed E-state index contributed by atoms with van der Waals surface area (Å²) in [5, 5.41) is 0. The molecule has 0 N–H and O–H groups in total. The van der Waals surface area contributed by atoms with Gasteiger partial charge in [-0.25, -0.2) is 4.79 Å². The molecular weight excluding hydrogens is 257 g/mol. The van der Waals surface area contributed by atoms with Gasteiger partial charge in [0.2, 0.25) is 0 Å². The van der Waals surface area contributed by atoms with Crippen LogP contribution in [0.4, 0.5) is 0 Å². The molecule has 1 aromatic rings. The second-order valence-electron chi connectivity index (χ2n) is 6.02. The molecule has 5 nitrogen and oxygen atoms in total. The van der Waals surface area contributed by atoms with Crippen LogP contribution in [0.5, 0.6) is 0 Å². The third-order valence-electron chi connectivity index (χ3n) is 4.18. The Hall–Kier alpha value is -1.27. The topological polar surface area (TPSA) is 49.7 Å². The van der Waals surface area contributed by atoms with Gasteiger partial charge in [0.25, 0.3) is 0 Å². The summed E-state index contributed by atoms with van der Waals surface area (Å²) in [6.07, 6.45) is 1.88. The number of aromatic nitrogens is 1. The van der Waals surface area contributed by atoms with Crippen LogP contribution >= 0.6 is 0 Å². The number of ether oxygens (including phenoxy) is 1. The Labute approximate surface area is 120 Å². The molecule has 2 rings (SSSR count). The van der Waals surface area contributed by atoms with E-state index in [0.717, 1.165) is 5.46 Å². The van der Waals surface area contributed by atoms with Crippen molar-refractivity contribution >= 4 is 18.6 Å². The van der Waals surface area contributed by atoms with Crippen LogP contribution in [-0.4, -0.2) is 36.0 Å². The van der Waals surface area contributed by atoms with Crippen molar-refractivity contribution in [1.82, 2.24) is 4.57 Å². The SMILES string of the molecule is CCn1cc(B2OC(C)(C)C(C)(C)O2)cc1C(=O)OC. The van der Waals surface area contributed by atoms with Crippen molar-refractivity contribution in [1.29, 1.82) is 0 Å². The summed E-state index contributed by atoms with van der Waals surface area (Å²) in [5.41, 5.74) is 0.570. The number of carbonyl (C=O) groups excluding carboxylic acids is 1. The molecule has 0 spiro atoms. The molecule has 0 aromatic carbocycles. The van der Waals surface area contributed by atoms with E-state index in [0.29, 0.717) is 12.2 Å². The van der Waals surface area contributed by atoms with Gasteiger partial charge in [-0.1, -0.05) is 0 Å². The van der Waals surface area contributed by atoms with Gasteiger partial charge >= 0.3 is 13.1 Å². The van der Waals surface area contributed by atoms with E-state index in [-0.39, 0.29) is 5.97 Å². The number of esters is 1. The monoisotopic (exact) mass is 279 g/mol. The molecule has 6 heteroatoms. The van der Waals surface area contributed by atoms with Crippen molar-refractivity contribution in [3.8, 4) is 0 Å². The van der Waals surface area contributed by atoms with Crippen molar-refractivity contribution in [2.24, 2.45) is 0 Å². The maximum atomic E-state index is 11.8. The molecule has 0 unspecified atom stereocenters. The summed E-state index contributed by atoms with van der Waals surface area (Å²) in [6.45, 7) is 10.7. The zero-order valence-corrected chi connectivity index (χ0v) is 13.0. The molecule has 0 amide bonds. The van der Waals surface area contributed by atoms with Crippen LogP contribution < -0.4 is 5.46 Å². The number of methoxy groups -OCH3 is 1. The molecule has 1 saturated heterocycles. The largest absolute Gasteiger partial charge is 0.496 e. The fourth-order valence-corrected chi connectivity index (χ4v) is 2.18. The third-order valence-corrected chi connectivity index (χ3v) is 4.18. The molecule has 1 aliphatic rings. The van der Waals surface area contributed by atoms with Gasteiger partial charge in [-0.05, 0) is 40.7 Å². The predicted octanol–water partition coefficient (Wildman–Crippen LogP) is 1.59. The molecule has 2 heterocycles. The fraction of sp³-hybridized carbons (Fsp3) is 0.643. The van der Waals surface area contributed by atoms with Crippen molar-refractivity contribution < 1.29 is 18.8 Å². The van der Waals surface area contributed by atoms with E-state index in [1.165, 1.54) is 7.11 Å². The van der Waals surface area contributed by atoms with Gasteiger partial charge in [-0.15, -0.1) is 0 Å². The highest BCUT2D eigenvalue weighted by molar-refractivity contribution is 6.62. The number of hydrogen-bond acceptors (Lipinski definition) is 4. The molecular formula is C14H22BNO4. The average Bonchev–Trinajstić information content (AvgIpc) is 2.88. The predicted molar refractivity (Wildman–Crippen MR) is 77.2 cm³/mol. The first-order valence-electron chi connectivity index (χ1n) is 6.86. The molecule has 0 atom stereocenters. The van der Waals surface area contributed by atoms with Gasteiger partial charge in [0.1, 0.15) is 5.69 Å². The summed E-state index contributed by atoms with van der Waals surface area (Å²) in [6, 6.07) is 1.78. The van der Waals surface area contributed by atoms with E-state index < -0.39 is 18.3 Å². The summed E-state index contributed by atoms with van der Waals surface area (Å²) >= 11 is 0. The minimum atomic E-state index is -0.462. The molecule has 1 aromatic heterocycles. The van der Waals surface area contributed by atoms with Crippen LogP contribution in [0.25, 0.3) is 0 Å². The lowest BCUT2D eigenvalue weighted by atomic mass is 9.81. The number of nitrogens with zero attached hydrogens (tertiary/aromatic N) is 1. The zero-order chi connectivity index (χ0) is 15.1. The van der Waals surface area contributed by atoms with E-state index in [4.69, 9.17) is 14.0 Å². The Morgan fingerprint density at radius 2 is 1.85 bits per heavy atom. The zero-order valence-electron chi connectivity index (χ0n) is 13.0. The smallest absolute Gasteiger partial charge is 0.464 e. The second-order valence-corrected chi connectivity index (χ2v) is 6.02. The van der Waals surface area contributed by atoms with Gasteiger partial charge in [0.05, 0.1) is 18.3 Å². The normalized spacial score (nSPS) is 20.2. The van der Waals surface area contributed by atoms with Crippen molar-refractivity contribution in [2.45, 2.75) is 52.4 Å². The lowest BCUT2D eigenvalue weighted by Gasteiger charge is -2.32. The Balaban J connectivity index is 2.32. The molecule has 110 valence electrons. The number of carbonyl (C=O) groups is 1. The molecule has 0 bridgehead atoms. The van der Waals surface area contributed by atoms with Crippen molar-refractivity contribution in [2.75, 3.05) is 7.11 Å². The van der Waals surface area contributed by atoms with Gasteiger partial charge in [-0.3, -0.25) is 0 Å². The average molecular weight is 279 g/mol. The van der Waals surface area contributed by atoms with Gasteiger partial charge in [-0.2, -0.15) is 0 Å². The number of rotatable bonds is 3. The van der Waals surface area contributed by atoms with E-state index in [9.17, 15) is 4.79 Å². The van der Waals surface area contributed by atoms with Crippen LogP contribution in [0.1, 0.15) is 45.1 Å².